The maximum absolute atomic E-state index is 12.1. The molecule has 1 rings (SSSR count). The minimum absolute atomic E-state index is 0.00936. The van der Waals surface area contributed by atoms with Crippen molar-refractivity contribution in [3.8, 4) is 5.75 Å². The zero-order valence-corrected chi connectivity index (χ0v) is 10.8. The first-order valence-electron chi connectivity index (χ1n) is 5.77. The normalized spacial score (nSPS) is 13.7. The SMILES string of the molecule is CC(NC(C)(C)CO)c1cccc(OC(F)F)c1. The third kappa shape index (κ3) is 4.58. The van der Waals surface area contributed by atoms with Crippen molar-refractivity contribution in [1.29, 1.82) is 0 Å². The van der Waals surface area contributed by atoms with Gasteiger partial charge in [-0.05, 0) is 38.5 Å². The van der Waals surface area contributed by atoms with Crippen LogP contribution >= 0.6 is 0 Å². The van der Waals surface area contributed by atoms with Crippen molar-refractivity contribution in [3.63, 3.8) is 0 Å². The van der Waals surface area contributed by atoms with Crippen molar-refractivity contribution in [2.75, 3.05) is 6.61 Å². The van der Waals surface area contributed by atoms with E-state index in [2.05, 4.69) is 10.1 Å². The molecule has 0 aliphatic heterocycles. The number of aliphatic hydroxyl groups is 1. The van der Waals surface area contributed by atoms with Gasteiger partial charge in [-0.25, -0.2) is 0 Å². The zero-order valence-electron chi connectivity index (χ0n) is 10.8. The van der Waals surface area contributed by atoms with E-state index in [9.17, 15) is 13.9 Å². The van der Waals surface area contributed by atoms with Crippen LogP contribution in [0.4, 0.5) is 8.78 Å². The number of nitrogens with one attached hydrogen (secondary N) is 1. The minimum atomic E-state index is -2.82. The summed E-state index contributed by atoms with van der Waals surface area (Å²) in [7, 11) is 0. The van der Waals surface area contributed by atoms with Gasteiger partial charge in [-0.3, -0.25) is 0 Å². The monoisotopic (exact) mass is 259 g/mol. The van der Waals surface area contributed by atoms with Gasteiger partial charge >= 0.3 is 6.61 Å². The largest absolute Gasteiger partial charge is 0.435 e. The smallest absolute Gasteiger partial charge is 0.387 e. The Morgan fingerprint density at radius 2 is 2.06 bits per heavy atom. The van der Waals surface area contributed by atoms with E-state index >= 15 is 0 Å². The molecular formula is C13H19F2NO2. The topological polar surface area (TPSA) is 41.5 Å². The molecule has 1 atom stereocenters. The third-order valence-electron chi connectivity index (χ3n) is 2.59. The van der Waals surface area contributed by atoms with Crippen LogP contribution in [0.3, 0.4) is 0 Å². The van der Waals surface area contributed by atoms with Crippen LogP contribution in [0, 0.1) is 0 Å². The van der Waals surface area contributed by atoms with Crippen LogP contribution in [0.15, 0.2) is 24.3 Å². The highest BCUT2D eigenvalue weighted by molar-refractivity contribution is 5.30. The van der Waals surface area contributed by atoms with E-state index in [1.165, 1.54) is 6.07 Å². The number of halogens is 2. The van der Waals surface area contributed by atoms with E-state index in [1.807, 2.05) is 26.8 Å². The fourth-order valence-electron chi connectivity index (χ4n) is 1.68. The first kappa shape index (κ1) is 14.9. The highest BCUT2D eigenvalue weighted by Gasteiger charge is 2.19. The molecule has 0 aromatic heterocycles. The molecule has 0 saturated carbocycles. The number of alkyl halides is 2. The Hall–Kier alpha value is -1.20. The van der Waals surface area contributed by atoms with Gasteiger partial charge in [-0.15, -0.1) is 0 Å². The molecule has 0 fully saturated rings. The Kier molecular flexibility index (Phi) is 5.04. The van der Waals surface area contributed by atoms with Crippen LogP contribution in [-0.2, 0) is 0 Å². The van der Waals surface area contributed by atoms with Crippen molar-refractivity contribution >= 4 is 0 Å². The quantitative estimate of drug-likeness (QED) is 0.825. The van der Waals surface area contributed by atoms with E-state index in [-0.39, 0.29) is 18.4 Å². The number of hydrogen-bond acceptors (Lipinski definition) is 3. The average molecular weight is 259 g/mol. The van der Waals surface area contributed by atoms with Crippen LogP contribution in [-0.4, -0.2) is 23.9 Å². The van der Waals surface area contributed by atoms with Crippen LogP contribution in [0.1, 0.15) is 32.4 Å². The second kappa shape index (κ2) is 6.11. The minimum Gasteiger partial charge on any atom is -0.435 e. The molecule has 5 heteroatoms. The lowest BCUT2D eigenvalue weighted by Crippen LogP contribution is -2.43. The highest BCUT2D eigenvalue weighted by atomic mass is 19.3. The van der Waals surface area contributed by atoms with Crippen molar-refractivity contribution in [2.45, 2.75) is 39.0 Å². The Labute approximate surface area is 106 Å². The molecule has 0 heterocycles. The van der Waals surface area contributed by atoms with Crippen molar-refractivity contribution in [3.05, 3.63) is 29.8 Å². The second-order valence-corrected chi connectivity index (χ2v) is 4.86. The van der Waals surface area contributed by atoms with E-state index < -0.39 is 12.2 Å². The molecule has 102 valence electrons. The van der Waals surface area contributed by atoms with Crippen molar-refractivity contribution in [2.24, 2.45) is 0 Å². The van der Waals surface area contributed by atoms with Crippen LogP contribution in [0.2, 0.25) is 0 Å². The van der Waals surface area contributed by atoms with Crippen molar-refractivity contribution in [1.82, 2.24) is 5.32 Å². The fourth-order valence-corrected chi connectivity index (χ4v) is 1.68. The Morgan fingerprint density at radius 3 is 2.61 bits per heavy atom. The Balaban J connectivity index is 2.76. The molecule has 1 aromatic rings. The van der Waals surface area contributed by atoms with Gasteiger partial charge in [0.05, 0.1) is 6.61 Å². The molecule has 0 bridgehead atoms. The molecule has 0 spiro atoms. The predicted octanol–water partition coefficient (Wildman–Crippen LogP) is 2.71. The van der Waals surface area contributed by atoms with Gasteiger partial charge in [0.15, 0.2) is 0 Å². The fraction of sp³-hybridized carbons (Fsp3) is 0.538. The lowest BCUT2D eigenvalue weighted by molar-refractivity contribution is -0.0499. The maximum Gasteiger partial charge on any atom is 0.387 e. The average Bonchev–Trinajstić information content (AvgIpc) is 2.28. The predicted molar refractivity (Wildman–Crippen MR) is 65.8 cm³/mol. The summed E-state index contributed by atoms with van der Waals surface area (Å²) in [5.41, 5.74) is 0.397. The molecule has 1 aromatic carbocycles. The standard InChI is InChI=1S/C13H19F2NO2/c1-9(16-13(2,3)8-17)10-5-4-6-11(7-10)18-12(14)15/h4-7,9,12,16-17H,8H2,1-3H3. The lowest BCUT2D eigenvalue weighted by atomic mass is 10.0. The van der Waals surface area contributed by atoms with Crippen LogP contribution in [0.5, 0.6) is 5.75 Å². The summed E-state index contributed by atoms with van der Waals surface area (Å²) in [4.78, 5) is 0. The molecule has 0 saturated heterocycles. The molecule has 0 aliphatic carbocycles. The third-order valence-corrected chi connectivity index (χ3v) is 2.59. The number of benzene rings is 1. The summed E-state index contributed by atoms with van der Waals surface area (Å²) < 4.78 is 28.6. The van der Waals surface area contributed by atoms with Gasteiger partial charge in [0.1, 0.15) is 5.75 Å². The van der Waals surface area contributed by atoms with E-state index in [0.29, 0.717) is 0 Å². The molecule has 3 nitrogen and oxygen atoms in total. The van der Waals surface area contributed by atoms with Crippen LogP contribution < -0.4 is 10.1 Å². The molecule has 0 aliphatic rings. The summed E-state index contributed by atoms with van der Waals surface area (Å²) in [6.07, 6.45) is 0. The highest BCUT2D eigenvalue weighted by Crippen LogP contribution is 2.22. The van der Waals surface area contributed by atoms with E-state index in [1.54, 1.807) is 12.1 Å². The number of rotatable bonds is 6. The van der Waals surface area contributed by atoms with Crippen LogP contribution in [0.25, 0.3) is 0 Å². The van der Waals surface area contributed by atoms with Gasteiger partial charge < -0.3 is 15.2 Å². The van der Waals surface area contributed by atoms with Gasteiger partial charge in [0.25, 0.3) is 0 Å². The zero-order chi connectivity index (χ0) is 13.8. The molecule has 18 heavy (non-hydrogen) atoms. The maximum atomic E-state index is 12.1. The van der Waals surface area contributed by atoms with Crippen molar-refractivity contribution < 1.29 is 18.6 Å². The Morgan fingerprint density at radius 1 is 1.39 bits per heavy atom. The number of hydrogen-bond donors (Lipinski definition) is 2. The summed E-state index contributed by atoms with van der Waals surface area (Å²) in [6.45, 7) is 2.80. The van der Waals surface area contributed by atoms with Gasteiger partial charge in [-0.2, -0.15) is 8.78 Å². The summed E-state index contributed by atoms with van der Waals surface area (Å²) in [6, 6.07) is 6.46. The van der Waals surface area contributed by atoms with E-state index in [0.717, 1.165) is 5.56 Å². The van der Waals surface area contributed by atoms with E-state index in [4.69, 9.17) is 0 Å². The summed E-state index contributed by atoms with van der Waals surface area (Å²) >= 11 is 0. The number of ether oxygens (including phenoxy) is 1. The molecule has 1 unspecified atom stereocenters. The second-order valence-electron chi connectivity index (χ2n) is 4.86. The van der Waals surface area contributed by atoms with Gasteiger partial charge in [0, 0.05) is 11.6 Å². The first-order valence-corrected chi connectivity index (χ1v) is 5.77. The molecular weight excluding hydrogens is 240 g/mol. The molecule has 0 radical (unpaired) electrons. The lowest BCUT2D eigenvalue weighted by Gasteiger charge is -2.28. The van der Waals surface area contributed by atoms with Gasteiger partial charge in [0.2, 0.25) is 0 Å². The summed E-state index contributed by atoms with van der Waals surface area (Å²) in [5, 5.41) is 12.4. The number of aliphatic hydroxyl groups excluding tert-OH is 1. The van der Waals surface area contributed by atoms with Gasteiger partial charge in [-0.1, -0.05) is 12.1 Å². The molecule has 0 amide bonds. The first-order chi connectivity index (χ1) is 8.34. The Bertz CT molecular complexity index is 383. The summed E-state index contributed by atoms with van der Waals surface area (Å²) in [5.74, 6) is 0.137. The molecule has 2 N–H and O–H groups in total.